The normalized spacial score (nSPS) is 26.8. The number of nitrogens with zero attached hydrogens (tertiary/aromatic N) is 2. The Morgan fingerprint density at radius 3 is 2.83 bits per heavy atom. The lowest BCUT2D eigenvalue weighted by atomic mass is 9.91. The summed E-state index contributed by atoms with van der Waals surface area (Å²) in [6.45, 7) is 1.16. The molecule has 2 aliphatic rings. The molecule has 1 saturated heterocycles. The van der Waals surface area contributed by atoms with E-state index >= 15 is 0 Å². The zero-order valence-corrected chi connectivity index (χ0v) is 12.0. The Morgan fingerprint density at radius 1 is 1.22 bits per heavy atom. The number of benzene rings is 1. The molecule has 0 N–H and O–H groups in total. The third-order valence-corrected chi connectivity index (χ3v) is 5.01. The van der Waals surface area contributed by atoms with Gasteiger partial charge in [-0.15, -0.1) is 0 Å². The summed E-state index contributed by atoms with van der Waals surface area (Å²) < 4.78 is 1.06. The quantitative estimate of drug-likeness (QED) is 0.781. The average molecular weight is 305 g/mol. The number of anilines is 1. The lowest BCUT2D eigenvalue weighted by Gasteiger charge is -2.40. The molecular weight excluding hydrogens is 288 g/mol. The van der Waals surface area contributed by atoms with Crippen molar-refractivity contribution in [3.05, 3.63) is 28.2 Å². The van der Waals surface area contributed by atoms with Gasteiger partial charge in [0.25, 0.3) is 0 Å². The molecule has 2 nitrogen and oxygen atoms in total. The molecule has 18 heavy (non-hydrogen) atoms. The van der Waals surface area contributed by atoms with Crippen molar-refractivity contribution >= 4 is 21.6 Å². The predicted octanol–water partition coefficient (Wildman–Crippen LogP) is 4.09. The third-order valence-electron chi connectivity index (χ3n) is 4.38. The van der Waals surface area contributed by atoms with Gasteiger partial charge in [0.2, 0.25) is 0 Å². The Kier molecular flexibility index (Phi) is 3.30. The van der Waals surface area contributed by atoms with Crippen molar-refractivity contribution in [1.82, 2.24) is 0 Å². The Hall–Kier alpha value is -1.01. The van der Waals surface area contributed by atoms with Gasteiger partial charge in [0.05, 0.1) is 17.3 Å². The van der Waals surface area contributed by atoms with Crippen LogP contribution in [0.25, 0.3) is 0 Å². The molecule has 1 aliphatic carbocycles. The van der Waals surface area contributed by atoms with Crippen molar-refractivity contribution in [3.63, 3.8) is 0 Å². The molecule has 0 aromatic heterocycles. The summed E-state index contributed by atoms with van der Waals surface area (Å²) in [6.07, 6.45) is 6.80. The van der Waals surface area contributed by atoms with Gasteiger partial charge in [-0.3, -0.25) is 0 Å². The standard InChI is InChI=1S/C15H17BrN2/c16-13-9-11(10-17)6-7-15(13)18-8-2-4-12-3-1-5-14(12)18/h6-7,9,12,14H,1-5,8H2. The maximum absolute atomic E-state index is 8.93. The first kappa shape index (κ1) is 12.0. The van der Waals surface area contributed by atoms with Gasteiger partial charge in [0.1, 0.15) is 0 Å². The molecule has 3 heteroatoms. The van der Waals surface area contributed by atoms with E-state index in [-0.39, 0.29) is 0 Å². The molecule has 1 heterocycles. The van der Waals surface area contributed by atoms with E-state index in [9.17, 15) is 0 Å². The van der Waals surface area contributed by atoms with Crippen LogP contribution in [0.15, 0.2) is 22.7 Å². The van der Waals surface area contributed by atoms with Crippen LogP contribution in [0.2, 0.25) is 0 Å². The molecule has 1 aromatic rings. The third kappa shape index (κ3) is 2.03. The van der Waals surface area contributed by atoms with Crippen molar-refractivity contribution in [2.75, 3.05) is 11.4 Å². The Balaban J connectivity index is 1.92. The largest absolute Gasteiger partial charge is 0.367 e. The Labute approximate surface area is 117 Å². The lowest BCUT2D eigenvalue weighted by Crippen LogP contribution is -2.42. The highest BCUT2D eigenvalue weighted by Crippen LogP contribution is 2.41. The predicted molar refractivity (Wildman–Crippen MR) is 76.6 cm³/mol. The molecule has 1 aromatic carbocycles. The number of hydrogen-bond acceptors (Lipinski definition) is 2. The first-order valence-electron chi connectivity index (χ1n) is 6.76. The minimum Gasteiger partial charge on any atom is -0.367 e. The van der Waals surface area contributed by atoms with Gasteiger partial charge in [-0.05, 0) is 65.7 Å². The zero-order chi connectivity index (χ0) is 12.5. The molecule has 0 bridgehead atoms. The second-order valence-electron chi connectivity index (χ2n) is 5.37. The molecule has 1 aliphatic heterocycles. The molecule has 2 unspecified atom stereocenters. The smallest absolute Gasteiger partial charge is 0.0992 e. The number of nitriles is 1. The van der Waals surface area contributed by atoms with E-state index in [0.717, 1.165) is 28.5 Å². The first-order chi connectivity index (χ1) is 8.79. The van der Waals surface area contributed by atoms with Crippen LogP contribution in [-0.4, -0.2) is 12.6 Å². The molecular formula is C15H17BrN2. The number of fused-ring (bicyclic) bond motifs is 1. The van der Waals surface area contributed by atoms with Crippen LogP contribution in [0, 0.1) is 17.2 Å². The van der Waals surface area contributed by atoms with Crippen LogP contribution in [0.5, 0.6) is 0 Å². The van der Waals surface area contributed by atoms with Gasteiger partial charge in [-0.2, -0.15) is 5.26 Å². The summed E-state index contributed by atoms with van der Waals surface area (Å²) in [5, 5.41) is 8.93. The van der Waals surface area contributed by atoms with Crippen LogP contribution in [0.1, 0.15) is 37.7 Å². The fraction of sp³-hybridized carbons (Fsp3) is 0.533. The topological polar surface area (TPSA) is 27.0 Å². The number of piperidine rings is 1. The number of rotatable bonds is 1. The van der Waals surface area contributed by atoms with Gasteiger partial charge >= 0.3 is 0 Å². The first-order valence-corrected chi connectivity index (χ1v) is 7.55. The van der Waals surface area contributed by atoms with Crippen LogP contribution >= 0.6 is 15.9 Å². The fourth-order valence-corrected chi connectivity index (χ4v) is 4.17. The number of halogens is 1. The van der Waals surface area contributed by atoms with E-state index in [1.165, 1.54) is 37.8 Å². The second kappa shape index (κ2) is 4.93. The van der Waals surface area contributed by atoms with E-state index in [4.69, 9.17) is 5.26 Å². The number of hydrogen-bond donors (Lipinski definition) is 0. The maximum Gasteiger partial charge on any atom is 0.0992 e. The highest BCUT2D eigenvalue weighted by atomic mass is 79.9. The van der Waals surface area contributed by atoms with Crippen LogP contribution in [0.4, 0.5) is 5.69 Å². The summed E-state index contributed by atoms with van der Waals surface area (Å²) in [7, 11) is 0. The van der Waals surface area contributed by atoms with Crippen LogP contribution in [-0.2, 0) is 0 Å². The van der Waals surface area contributed by atoms with Crippen molar-refractivity contribution in [2.24, 2.45) is 5.92 Å². The van der Waals surface area contributed by atoms with Crippen molar-refractivity contribution in [1.29, 1.82) is 5.26 Å². The molecule has 0 amide bonds. The summed E-state index contributed by atoms with van der Waals surface area (Å²) in [5.74, 6) is 0.890. The second-order valence-corrected chi connectivity index (χ2v) is 6.23. The van der Waals surface area contributed by atoms with Gasteiger partial charge in [0.15, 0.2) is 0 Å². The van der Waals surface area contributed by atoms with E-state index < -0.39 is 0 Å². The summed E-state index contributed by atoms with van der Waals surface area (Å²) in [5.41, 5.74) is 2.00. The summed E-state index contributed by atoms with van der Waals surface area (Å²) in [4.78, 5) is 2.56. The lowest BCUT2D eigenvalue weighted by molar-refractivity contribution is 0.362. The highest BCUT2D eigenvalue weighted by Gasteiger charge is 2.35. The highest BCUT2D eigenvalue weighted by molar-refractivity contribution is 9.10. The molecule has 2 fully saturated rings. The van der Waals surface area contributed by atoms with Crippen LogP contribution in [0.3, 0.4) is 0 Å². The van der Waals surface area contributed by atoms with Crippen molar-refractivity contribution < 1.29 is 0 Å². The molecule has 0 spiro atoms. The minimum absolute atomic E-state index is 0.725. The fourth-order valence-electron chi connectivity index (χ4n) is 3.56. The van der Waals surface area contributed by atoms with E-state index in [2.05, 4.69) is 33.0 Å². The molecule has 3 rings (SSSR count). The van der Waals surface area contributed by atoms with Gasteiger partial charge in [0, 0.05) is 17.1 Å². The average Bonchev–Trinajstić information content (AvgIpc) is 2.87. The minimum atomic E-state index is 0.725. The van der Waals surface area contributed by atoms with E-state index in [0.29, 0.717) is 0 Å². The van der Waals surface area contributed by atoms with Gasteiger partial charge < -0.3 is 4.90 Å². The van der Waals surface area contributed by atoms with E-state index in [1.54, 1.807) is 0 Å². The zero-order valence-electron chi connectivity index (χ0n) is 10.4. The molecule has 0 radical (unpaired) electrons. The monoisotopic (exact) mass is 304 g/mol. The van der Waals surface area contributed by atoms with Crippen LogP contribution < -0.4 is 4.90 Å². The van der Waals surface area contributed by atoms with Crippen molar-refractivity contribution in [3.8, 4) is 6.07 Å². The Morgan fingerprint density at radius 2 is 2.06 bits per heavy atom. The van der Waals surface area contributed by atoms with Gasteiger partial charge in [-0.25, -0.2) is 0 Å². The van der Waals surface area contributed by atoms with Gasteiger partial charge in [-0.1, -0.05) is 6.42 Å². The molecule has 2 atom stereocenters. The Bertz CT molecular complexity index is 492. The summed E-state index contributed by atoms with van der Waals surface area (Å²) in [6, 6.07) is 8.89. The maximum atomic E-state index is 8.93. The van der Waals surface area contributed by atoms with Crippen molar-refractivity contribution in [2.45, 2.75) is 38.1 Å². The summed E-state index contributed by atoms with van der Waals surface area (Å²) >= 11 is 3.63. The SMILES string of the molecule is N#Cc1ccc(N2CCCC3CCCC32)c(Br)c1. The molecule has 94 valence electrons. The van der Waals surface area contributed by atoms with E-state index in [1.807, 2.05) is 12.1 Å². The molecule has 1 saturated carbocycles.